The molecule has 4 heteroatoms. The molecular weight excluding hydrogens is 250 g/mol. The van der Waals surface area contributed by atoms with Crippen LogP contribution in [0.2, 0.25) is 0 Å². The number of nitrogens with zero attached hydrogens (tertiary/aromatic N) is 2. The van der Waals surface area contributed by atoms with Crippen LogP contribution in [0.5, 0.6) is 5.75 Å². The van der Waals surface area contributed by atoms with E-state index in [1.54, 1.807) is 0 Å². The summed E-state index contributed by atoms with van der Waals surface area (Å²) in [7, 11) is 4.20. The molecule has 0 amide bonds. The number of aromatic nitrogens is 1. The Kier molecular flexibility index (Phi) is 7.37. The van der Waals surface area contributed by atoms with E-state index in [9.17, 15) is 0 Å². The molecule has 114 valence electrons. The molecule has 1 atom stereocenters. The molecule has 1 N–H and O–H groups in total. The molecule has 1 unspecified atom stereocenters. The Morgan fingerprint density at radius 2 is 2.10 bits per heavy atom. The Morgan fingerprint density at radius 1 is 1.35 bits per heavy atom. The quantitative estimate of drug-likeness (QED) is 0.753. The lowest BCUT2D eigenvalue weighted by Gasteiger charge is -2.25. The first-order chi connectivity index (χ1) is 9.52. The third-order valence-electron chi connectivity index (χ3n) is 2.91. The lowest BCUT2D eigenvalue weighted by Crippen LogP contribution is -2.34. The number of likely N-dealkylation sites (N-methyl/N-ethyl adjacent to an activating group) is 1. The van der Waals surface area contributed by atoms with Crippen LogP contribution in [-0.4, -0.2) is 43.2 Å². The largest absolute Gasteiger partial charge is 0.490 e. The second kappa shape index (κ2) is 8.80. The van der Waals surface area contributed by atoms with E-state index in [-0.39, 0.29) is 0 Å². The Hall–Kier alpha value is -1.29. The molecule has 1 aromatic rings. The van der Waals surface area contributed by atoms with Crippen LogP contribution in [0.3, 0.4) is 0 Å². The first-order valence-corrected chi connectivity index (χ1v) is 7.52. The fraction of sp³-hybridized carbons (Fsp3) is 0.688. The molecule has 0 bridgehead atoms. The third-order valence-corrected chi connectivity index (χ3v) is 2.91. The van der Waals surface area contributed by atoms with E-state index >= 15 is 0 Å². The Morgan fingerprint density at radius 3 is 2.70 bits per heavy atom. The summed E-state index contributed by atoms with van der Waals surface area (Å²) in [5, 5.41) is 3.54. The smallest absolute Gasteiger partial charge is 0.169 e. The van der Waals surface area contributed by atoms with Gasteiger partial charge in [-0.25, -0.2) is 4.98 Å². The summed E-state index contributed by atoms with van der Waals surface area (Å²) in [5.74, 6) is 2.35. The molecule has 4 nitrogen and oxygen atoms in total. The summed E-state index contributed by atoms with van der Waals surface area (Å²) in [6.45, 7) is 8.32. The van der Waals surface area contributed by atoms with Gasteiger partial charge in [-0.15, -0.1) is 0 Å². The highest BCUT2D eigenvalue weighted by atomic mass is 16.5. The molecule has 0 aliphatic heterocycles. The Labute approximate surface area is 123 Å². The highest BCUT2D eigenvalue weighted by Gasteiger charge is 2.15. The van der Waals surface area contributed by atoms with Gasteiger partial charge in [0.25, 0.3) is 0 Å². The van der Waals surface area contributed by atoms with Crippen LogP contribution >= 0.6 is 0 Å². The molecule has 20 heavy (non-hydrogen) atoms. The van der Waals surface area contributed by atoms with Crippen molar-refractivity contribution in [2.24, 2.45) is 5.92 Å². The summed E-state index contributed by atoms with van der Waals surface area (Å²) >= 11 is 0. The summed E-state index contributed by atoms with van der Waals surface area (Å²) in [6, 6.07) is 4.27. The molecule has 0 radical (unpaired) electrons. The van der Waals surface area contributed by atoms with E-state index in [1.807, 2.05) is 18.3 Å². The molecule has 0 aliphatic rings. The summed E-state index contributed by atoms with van der Waals surface area (Å²) < 4.78 is 5.76. The van der Waals surface area contributed by atoms with E-state index in [4.69, 9.17) is 4.74 Å². The zero-order valence-corrected chi connectivity index (χ0v) is 13.5. The third kappa shape index (κ3) is 6.24. The van der Waals surface area contributed by atoms with Gasteiger partial charge < -0.3 is 15.0 Å². The second-order valence-corrected chi connectivity index (χ2v) is 5.93. The fourth-order valence-corrected chi connectivity index (χ4v) is 2.21. The molecule has 0 aromatic carbocycles. The molecule has 0 aliphatic carbocycles. The van der Waals surface area contributed by atoms with E-state index in [2.05, 4.69) is 50.1 Å². The lowest BCUT2D eigenvalue weighted by atomic mass is 10.0. The summed E-state index contributed by atoms with van der Waals surface area (Å²) in [4.78, 5) is 6.64. The maximum Gasteiger partial charge on any atom is 0.169 e. The normalized spacial score (nSPS) is 12.8. The zero-order valence-electron chi connectivity index (χ0n) is 13.5. The number of nitrogens with one attached hydrogen (secondary N) is 1. The van der Waals surface area contributed by atoms with Crippen molar-refractivity contribution in [3.63, 3.8) is 0 Å². The Bertz CT molecular complexity index is 370. The number of anilines is 1. The van der Waals surface area contributed by atoms with Crippen molar-refractivity contribution in [3.8, 4) is 5.75 Å². The van der Waals surface area contributed by atoms with Crippen molar-refractivity contribution in [1.29, 1.82) is 0 Å². The van der Waals surface area contributed by atoms with Gasteiger partial charge in [0.1, 0.15) is 0 Å². The molecule has 1 rings (SSSR count). The van der Waals surface area contributed by atoms with Crippen LogP contribution in [0.25, 0.3) is 0 Å². The van der Waals surface area contributed by atoms with E-state index in [0.29, 0.717) is 12.0 Å². The van der Waals surface area contributed by atoms with Crippen molar-refractivity contribution in [2.45, 2.75) is 39.7 Å². The standard InChI is InChI=1S/C16H29N3O/c1-6-10-20-15-8-7-9-17-16(15)18-14(11-13(2)3)12-19(4)5/h7-9,13-14H,6,10-12H2,1-5H3,(H,17,18). The zero-order chi connectivity index (χ0) is 15.0. The molecule has 0 saturated carbocycles. The summed E-state index contributed by atoms with van der Waals surface area (Å²) in [6.07, 6.45) is 3.92. The average molecular weight is 279 g/mol. The van der Waals surface area contributed by atoms with Gasteiger partial charge in [0.15, 0.2) is 11.6 Å². The number of rotatable bonds is 9. The highest BCUT2D eigenvalue weighted by molar-refractivity contribution is 5.50. The first kappa shape index (κ1) is 16.8. The van der Waals surface area contributed by atoms with Crippen LogP contribution in [0.1, 0.15) is 33.6 Å². The van der Waals surface area contributed by atoms with Crippen LogP contribution in [0.4, 0.5) is 5.82 Å². The molecule has 0 saturated heterocycles. The fourth-order valence-electron chi connectivity index (χ4n) is 2.21. The lowest BCUT2D eigenvalue weighted by molar-refractivity contribution is 0.315. The SMILES string of the molecule is CCCOc1cccnc1NC(CC(C)C)CN(C)C. The van der Waals surface area contributed by atoms with E-state index in [1.165, 1.54) is 0 Å². The van der Waals surface area contributed by atoms with Crippen molar-refractivity contribution >= 4 is 5.82 Å². The van der Waals surface area contributed by atoms with E-state index < -0.39 is 0 Å². The van der Waals surface area contributed by atoms with Crippen molar-refractivity contribution in [2.75, 3.05) is 32.6 Å². The molecule has 1 aromatic heterocycles. The van der Waals surface area contributed by atoms with Crippen LogP contribution in [-0.2, 0) is 0 Å². The highest BCUT2D eigenvalue weighted by Crippen LogP contribution is 2.23. The first-order valence-electron chi connectivity index (χ1n) is 7.52. The van der Waals surface area contributed by atoms with Gasteiger partial charge in [-0.05, 0) is 45.0 Å². The van der Waals surface area contributed by atoms with Crippen molar-refractivity contribution in [3.05, 3.63) is 18.3 Å². The topological polar surface area (TPSA) is 37.4 Å². The monoisotopic (exact) mass is 279 g/mol. The van der Waals surface area contributed by atoms with Gasteiger partial charge in [0, 0.05) is 18.8 Å². The van der Waals surface area contributed by atoms with Crippen LogP contribution in [0.15, 0.2) is 18.3 Å². The number of hydrogen-bond acceptors (Lipinski definition) is 4. The second-order valence-electron chi connectivity index (χ2n) is 5.93. The summed E-state index contributed by atoms with van der Waals surface area (Å²) in [5.41, 5.74) is 0. The van der Waals surface area contributed by atoms with E-state index in [0.717, 1.165) is 37.6 Å². The molecule has 0 fully saturated rings. The average Bonchev–Trinajstić information content (AvgIpc) is 2.36. The van der Waals surface area contributed by atoms with Crippen molar-refractivity contribution in [1.82, 2.24) is 9.88 Å². The minimum absolute atomic E-state index is 0.379. The molecule has 0 spiro atoms. The predicted octanol–water partition coefficient (Wildman–Crippen LogP) is 3.26. The van der Waals surface area contributed by atoms with Crippen LogP contribution < -0.4 is 10.1 Å². The van der Waals surface area contributed by atoms with Gasteiger partial charge >= 0.3 is 0 Å². The van der Waals surface area contributed by atoms with Crippen molar-refractivity contribution < 1.29 is 4.74 Å². The van der Waals surface area contributed by atoms with Gasteiger partial charge in [-0.1, -0.05) is 20.8 Å². The Balaban J connectivity index is 2.75. The minimum atomic E-state index is 0.379. The van der Waals surface area contributed by atoms with Gasteiger partial charge in [-0.2, -0.15) is 0 Å². The number of hydrogen-bond donors (Lipinski definition) is 1. The maximum absolute atomic E-state index is 5.76. The van der Waals surface area contributed by atoms with Crippen LogP contribution in [0, 0.1) is 5.92 Å². The van der Waals surface area contributed by atoms with Gasteiger partial charge in [0.05, 0.1) is 6.61 Å². The molecule has 1 heterocycles. The van der Waals surface area contributed by atoms with Gasteiger partial charge in [-0.3, -0.25) is 0 Å². The number of ether oxygens (including phenoxy) is 1. The predicted molar refractivity (Wildman–Crippen MR) is 85.4 cm³/mol. The number of pyridine rings is 1. The van der Waals surface area contributed by atoms with Gasteiger partial charge in [0.2, 0.25) is 0 Å². The minimum Gasteiger partial charge on any atom is -0.490 e. The maximum atomic E-state index is 5.76. The molecular formula is C16H29N3O.